The SMILES string of the molecule is COc1ccc(-n2nc(C(=O)NCCN3CCc4ccccc4C3)c3c4ccccc4n(C)c3c2=O)cc1Cl. The summed E-state index contributed by atoms with van der Waals surface area (Å²) in [5.74, 6) is 0.152. The molecule has 0 atom stereocenters. The monoisotopic (exact) mass is 541 g/mol. The second kappa shape index (κ2) is 10.2. The molecule has 1 amide bonds. The van der Waals surface area contributed by atoms with Crippen molar-refractivity contribution in [2.45, 2.75) is 13.0 Å². The third kappa shape index (κ3) is 4.45. The molecule has 0 radical (unpaired) electrons. The van der Waals surface area contributed by atoms with Gasteiger partial charge in [-0.25, -0.2) is 0 Å². The van der Waals surface area contributed by atoms with Gasteiger partial charge in [0.2, 0.25) is 0 Å². The van der Waals surface area contributed by atoms with Gasteiger partial charge in [0.15, 0.2) is 5.69 Å². The Morgan fingerprint density at radius 3 is 2.64 bits per heavy atom. The highest BCUT2D eigenvalue weighted by Crippen LogP contribution is 2.30. The molecule has 3 heterocycles. The molecule has 0 saturated heterocycles. The Bertz CT molecular complexity index is 1790. The number of ether oxygens (including phenoxy) is 1. The Labute approximate surface area is 230 Å². The van der Waals surface area contributed by atoms with E-state index >= 15 is 0 Å². The van der Waals surface area contributed by atoms with Gasteiger partial charge in [-0.05, 0) is 41.8 Å². The molecule has 0 spiro atoms. The van der Waals surface area contributed by atoms with Gasteiger partial charge in [-0.2, -0.15) is 9.78 Å². The van der Waals surface area contributed by atoms with Crippen LogP contribution in [-0.4, -0.2) is 51.9 Å². The number of nitrogens with one attached hydrogen (secondary N) is 1. The summed E-state index contributed by atoms with van der Waals surface area (Å²) in [7, 11) is 3.35. The fourth-order valence-corrected chi connectivity index (χ4v) is 5.71. The van der Waals surface area contributed by atoms with Crippen molar-refractivity contribution in [2.24, 2.45) is 7.05 Å². The second-order valence-corrected chi connectivity index (χ2v) is 10.1. The van der Waals surface area contributed by atoms with Gasteiger partial charge in [0.1, 0.15) is 11.3 Å². The molecule has 1 aliphatic rings. The van der Waals surface area contributed by atoms with Crippen molar-refractivity contribution in [3.05, 3.63) is 98.9 Å². The predicted octanol–water partition coefficient (Wildman–Crippen LogP) is 4.33. The summed E-state index contributed by atoms with van der Waals surface area (Å²) in [5, 5.41) is 9.33. The highest BCUT2D eigenvalue weighted by atomic mass is 35.5. The van der Waals surface area contributed by atoms with Crippen molar-refractivity contribution in [3.63, 3.8) is 0 Å². The summed E-state index contributed by atoms with van der Waals surface area (Å²) in [6.45, 7) is 2.98. The van der Waals surface area contributed by atoms with Crippen LogP contribution in [-0.2, 0) is 20.0 Å². The second-order valence-electron chi connectivity index (χ2n) is 9.73. The number of hydrogen-bond donors (Lipinski definition) is 1. The first-order valence-corrected chi connectivity index (χ1v) is 13.3. The number of methoxy groups -OCH3 is 1. The summed E-state index contributed by atoms with van der Waals surface area (Å²) in [4.78, 5) is 29.7. The number of carbonyl (C=O) groups excluding carboxylic acids is 1. The molecule has 0 aliphatic carbocycles. The highest BCUT2D eigenvalue weighted by Gasteiger charge is 2.24. The average Bonchev–Trinajstić information content (AvgIpc) is 3.26. The summed E-state index contributed by atoms with van der Waals surface area (Å²) in [5.41, 5.74) is 4.26. The number of carbonyl (C=O) groups is 1. The van der Waals surface area contributed by atoms with E-state index in [-0.39, 0.29) is 17.2 Å². The Morgan fingerprint density at radius 2 is 1.85 bits per heavy atom. The van der Waals surface area contributed by atoms with Gasteiger partial charge in [-0.3, -0.25) is 14.5 Å². The van der Waals surface area contributed by atoms with Crippen LogP contribution in [0.5, 0.6) is 5.75 Å². The molecule has 3 aromatic carbocycles. The number of aromatic nitrogens is 3. The maximum atomic E-state index is 13.7. The Hall–Kier alpha value is -4.14. The number of aryl methyl sites for hydroxylation is 1. The van der Waals surface area contributed by atoms with Crippen molar-refractivity contribution < 1.29 is 9.53 Å². The first-order chi connectivity index (χ1) is 19.0. The van der Waals surface area contributed by atoms with Crippen LogP contribution in [0.3, 0.4) is 0 Å². The molecular formula is C30H28ClN5O3. The van der Waals surface area contributed by atoms with E-state index in [1.54, 1.807) is 18.2 Å². The molecule has 1 aliphatic heterocycles. The minimum atomic E-state index is -0.339. The standard InChI is InChI=1S/C30H28ClN5O3/c1-34-24-10-6-5-9-22(24)26-27(29(37)32-14-16-35-15-13-19-7-3-4-8-20(19)18-35)33-36(30(38)28(26)34)21-11-12-25(39-2)23(31)17-21/h3-12,17H,13-16,18H2,1-2H3,(H,32,37). The first-order valence-electron chi connectivity index (χ1n) is 12.9. The molecule has 9 heteroatoms. The largest absolute Gasteiger partial charge is 0.495 e. The van der Waals surface area contributed by atoms with Crippen LogP contribution in [0.15, 0.2) is 71.5 Å². The van der Waals surface area contributed by atoms with Crippen LogP contribution < -0.4 is 15.6 Å². The Kier molecular flexibility index (Phi) is 6.58. The van der Waals surface area contributed by atoms with Gasteiger partial charge >= 0.3 is 0 Å². The lowest BCUT2D eigenvalue weighted by molar-refractivity contribution is 0.0942. The van der Waals surface area contributed by atoms with E-state index in [1.165, 1.54) is 22.9 Å². The van der Waals surface area contributed by atoms with E-state index in [4.69, 9.17) is 16.3 Å². The summed E-state index contributed by atoms with van der Waals surface area (Å²) in [6, 6.07) is 21.1. The van der Waals surface area contributed by atoms with Crippen LogP contribution in [0.4, 0.5) is 0 Å². The van der Waals surface area contributed by atoms with E-state index in [0.717, 1.165) is 30.4 Å². The van der Waals surface area contributed by atoms with E-state index < -0.39 is 0 Å². The molecule has 5 aromatic rings. The quantitative estimate of drug-likeness (QED) is 0.346. The Balaban J connectivity index is 1.36. The molecule has 6 rings (SSSR count). The van der Waals surface area contributed by atoms with Gasteiger partial charge in [0, 0.05) is 49.5 Å². The van der Waals surface area contributed by atoms with Crippen molar-refractivity contribution in [3.8, 4) is 11.4 Å². The molecule has 0 fully saturated rings. The van der Waals surface area contributed by atoms with Crippen molar-refractivity contribution in [1.82, 2.24) is 24.6 Å². The minimum absolute atomic E-state index is 0.192. The van der Waals surface area contributed by atoms with Gasteiger partial charge in [-0.15, -0.1) is 0 Å². The van der Waals surface area contributed by atoms with E-state index in [0.29, 0.717) is 40.5 Å². The summed E-state index contributed by atoms with van der Waals surface area (Å²) in [6.07, 6.45) is 0.998. The molecule has 0 unspecified atom stereocenters. The van der Waals surface area contributed by atoms with Crippen LogP contribution >= 0.6 is 11.6 Å². The number of rotatable bonds is 6. The zero-order valence-corrected chi connectivity index (χ0v) is 22.5. The lowest BCUT2D eigenvalue weighted by Gasteiger charge is -2.28. The minimum Gasteiger partial charge on any atom is -0.495 e. The Morgan fingerprint density at radius 1 is 1.08 bits per heavy atom. The van der Waals surface area contributed by atoms with Gasteiger partial charge in [0.25, 0.3) is 11.5 Å². The fraction of sp³-hybridized carbons (Fsp3) is 0.233. The van der Waals surface area contributed by atoms with Crippen molar-refractivity contribution in [1.29, 1.82) is 0 Å². The average molecular weight is 542 g/mol. The van der Waals surface area contributed by atoms with Gasteiger partial charge < -0.3 is 14.6 Å². The van der Waals surface area contributed by atoms with Crippen molar-refractivity contribution >= 4 is 39.3 Å². The number of benzene rings is 3. The van der Waals surface area contributed by atoms with Gasteiger partial charge in [0.05, 0.1) is 17.8 Å². The van der Waals surface area contributed by atoms with Crippen LogP contribution in [0.2, 0.25) is 5.02 Å². The van der Waals surface area contributed by atoms with Crippen LogP contribution in [0.1, 0.15) is 21.6 Å². The number of fused-ring (bicyclic) bond motifs is 4. The zero-order chi connectivity index (χ0) is 27.1. The van der Waals surface area contributed by atoms with Crippen molar-refractivity contribution in [2.75, 3.05) is 26.7 Å². The molecule has 8 nitrogen and oxygen atoms in total. The number of nitrogens with zero attached hydrogens (tertiary/aromatic N) is 4. The third-order valence-corrected chi connectivity index (χ3v) is 7.75. The normalized spacial score (nSPS) is 13.5. The van der Waals surface area contributed by atoms with E-state index in [9.17, 15) is 9.59 Å². The molecular weight excluding hydrogens is 514 g/mol. The number of amides is 1. The number of para-hydroxylation sites is 1. The lowest BCUT2D eigenvalue weighted by atomic mass is 10.00. The summed E-state index contributed by atoms with van der Waals surface area (Å²) >= 11 is 6.36. The molecule has 0 bridgehead atoms. The third-order valence-electron chi connectivity index (χ3n) is 7.46. The highest BCUT2D eigenvalue weighted by molar-refractivity contribution is 6.32. The zero-order valence-electron chi connectivity index (χ0n) is 21.8. The predicted molar refractivity (Wildman–Crippen MR) is 153 cm³/mol. The first kappa shape index (κ1) is 25.2. The molecule has 39 heavy (non-hydrogen) atoms. The number of hydrogen-bond acceptors (Lipinski definition) is 5. The topological polar surface area (TPSA) is 81.4 Å². The lowest BCUT2D eigenvalue weighted by Crippen LogP contribution is -2.38. The van der Waals surface area contributed by atoms with E-state index in [1.807, 2.05) is 35.9 Å². The van der Waals surface area contributed by atoms with E-state index in [2.05, 4.69) is 39.6 Å². The molecule has 1 N–H and O–H groups in total. The maximum absolute atomic E-state index is 13.7. The summed E-state index contributed by atoms with van der Waals surface area (Å²) < 4.78 is 8.32. The molecule has 2 aromatic heterocycles. The van der Waals surface area contributed by atoms with Gasteiger partial charge in [-0.1, -0.05) is 54.1 Å². The molecule has 0 saturated carbocycles. The van der Waals surface area contributed by atoms with Crippen LogP contribution in [0, 0.1) is 0 Å². The smallest absolute Gasteiger partial charge is 0.296 e. The fourth-order valence-electron chi connectivity index (χ4n) is 5.46. The van der Waals surface area contributed by atoms with Crippen LogP contribution in [0.25, 0.3) is 27.5 Å². The maximum Gasteiger partial charge on any atom is 0.296 e. The number of halogens is 1. The molecule has 198 valence electrons.